The first-order chi connectivity index (χ1) is 13.7. The second-order valence-electron chi connectivity index (χ2n) is 7.52. The molecule has 0 radical (unpaired) electrons. The van der Waals surface area contributed by atoms with Gasteiger partial charge in [-0.15, -0.1) is 0 Å². The topological polar surface area (TPSA) is 45.3 Å². The SMILES string of the molecule is CCCCOCCCN1C(=O)c2ccccc2[C@H]1c1c(C)[nH]c2ccccc12. The van der Waals surface area contributed by atoms with Crippen LogP contribution in [-0.4, -0.2) is 35.5 Å². The van der Waals surface area contributed by atoms with Gasteiger partial charge in [-0.05, 0) is 37.5 Å². The van der Waals surface area contributed by atoms with Gasteiger partial charge in [-0.1, -0.05) is 49.7 Å². The zero-order valence-corrected chi connectivity index (χ0v) is 16.7. The molecule has 0 saturated heterocycles. The van der Waals surface area contributed by atoms with E-state index >= 15 is 0 Å². The van der Waals surface area contributed by atoms with Crippen molar-refractivity contribution in [2.45, 2.75) is 39.2 Å². The number of benzene rings is 2. The number of rotatable bonds is 8. The average Bonchev–Trinajstić information content (AvgIpc) is 3.18. The van der Waals surface area contributed by atoms with Gasteiger partial charge in [0.05, 0.1) is 6.04 Å². The number of unbranched alkanes of at least 4 members (excludes halogenated alkanes) is 1. The predicted octanol–water partition coefficient (Wildman–Crippen LogP) is 5.23. The van der Waals surface area contributed by atoms with Gasteiger partial charge in [-0.25, -0.2) is 0 Å². The monoisotopic (exact) mass is 376 g/mol. The third-order valence-corrected chi connectivity index (χ3v) is 5.61. The maximum atomic E-state index is 13.2. The molecule has 0 unspecified atom stereocenters. The zero-order chi connectivity index (χ0) is 19.5. The number of carbonyl (C=O) groups excluding carboxylic acids is 1. The Kier molecular flexibility index (Phi) is 5.49. The Bertz CT molecular complexity index is 976. The number of carbonyl (C=O) groups is 1. The minimum Gasteiger partial charge on any atom is -0.381 e. The van der Waals surface area contributed by atoms with Crippen molar-refractivity contribution in [1.82, 2.24) is 9.88 Å². The van der Waals surface area contributed by atoms with Crippen LogP contribution >= 0.6 is 0 Å². The van der Waals surface area contributed by atoms with Gasteiger partial charge in [0.2, 0.25) is 0 Å². The summed E-state index contributed by atoms with van der Waals surface area (Å²) in [5.41, 5.74) is 5.38. The van der Waals surface area contributed by atoms with E-state index in [4.69, 9.17) is 4.74 Å². The second kappa shape index (κ2) is 8.19. The summed E-state index contributed by atoms with van der Waals surface area (Å²) < 4.78 is 5.72. The fourth-order valence-electron chi connectivity index (χ4n) is 4.25. The van der Waals surface area contributed by atoms with E-state index in [0.29, 0.717) is 13.2 Å². The molecular formula is C24H28N2O2. The molecule has 0 spiro atoms. The molecule has 1 N–H and O–H groups in total. The molecule has 0 bridgehead atoms. The molecular weight excluding hydrogens is 348 g/mol. The van der Waals surface area contributed by atoms with Crippen molar-refractivity contribution >= 4 is 16.8 Å². The highest BCUT2D eigenvalue weighted by atomic mass is 16.5. The van der Waals surface area contributed by atoms with Crippen molar-refractivity contribution in [2.24, 2.45) is 0 Å². The highest BCUT2D eigenvalue weighted by molar-refractivity contribution is 6.01. The van der Waals surface area contributed by atoms with E-state index in [2.05, 4.69) is 43.1 Å². The first-order valence-electron chi connectivity index (χ1n) is 10.3. The molecule has 146 valence electrons. The second-order valence-corrected chi connectivity index (χ2v) is 7.52. The molecule has 1 atom stereocenters. The Morgan fingerprint density at radius 3 is 2.64 bits per heavy atom. The van der Waals surface area contributed by atoms with E-state index in [-0.39, 0.29) is 11.9 Å². The number of nitrogens with one attached hydrogen (secondary N) is 1. The summed E-state index contributed by atoms with van der Waals surface area (Å²) in [6, 6.07) is 16.3. The third-order valence-electron chi connectivity index (χ3n) is 5.61. The molecule has 1 amide bonds. The number of nitrogens with zero attached hydrogens (tertiary/aromatic N) is 1. The molecule has 4 rings (SSSR count). The van der Waals surface area contributed by atoms with Crippen molar-refractivity contribution < 1.29 is 9.53 Å². The van der Waals surface area contributed by atoms with Gasteiger partial charge in [-0.2, -0.15) is 0 Å². The van der Waals surface area contributed by atoms with Crippen LogP contribution in [0.1, 0.15) is 59.4 Å². The number of aromatic nitrogens is 1. The smallest absolute Gasteiger partial charge is 0.255 e. The molecule has 1 aromatic heterocycles. The number of fused-ring (bicyclic) bond motifs is 2. The molecule has 2 heterocycles. The Labute approximate surface area is 166 Å². The Morgan fingerprint density at radius 2 is 1.79 bits per heavy atom. The molecule has 4 nitrogen and oxygen atoms in total. The van der Waals surface area contributed by atoms with Gasteiger partial charge >= 0.3 is 0 Å². The van der Waals surface area contributed by atoms with Crippen molar-refractivity contribution in [3.63, 3.8) is 0 Å². The van der Waals surface area contributed by atoms with Crippen molar-refractivity contribution in [1.29, 1.82) is 0 Å². The zero-order valence-electron chi connectivity index (χ0n) is 16.7. The molecule has 0 fully saturated rings. The largest absolute Gasteiger partial charge is 0.381 e. The fourth-order valence-corrected chi connectivity index (χ4v) is 4.25. The minimum absolute atomic E-state index is 0.0458. The summed E-state index contributed by atoms with van der Waals surface area (Å²) >= 11 is 0. The van der Waals surface area contributed by atoms with E-state index in [0.717, 1.165) is 48.2 Å². The van der Waals surface area contributed by atoms with Crippen molar-refractivity contribution in [3.8, 4) is 0 Å². The summed E-state index contributed by atoms with van der Waals surface area (Å²) in [5, 5.41) is 1.19. The van der Waals surface area contributed by atoms with E-state index < -0.39 is 0 Å². The first kappa shape index (κ1) is 18.8. The summed E-state index contributed by atoms with van der Waals surface area (Å²) in [7, 11) is 0. The molecule has 2 aromatic carbocycles. The minimum atomic E-state index is -0.0458. The molecule has 1 aliphatic heterocycles. The fraction of sp³-hybridized carbons (Fsp3) is 0.375. The highest BCUT2D eigenvalue weighted by Gasteiger charge is 2.38. The van der Waals surface area contributed by atoms with Gasteiger partial charge in [0.25, 0.3) is 5.91 Å². The molecule has 0 aliphatic carbocycles. The number of aromatic amines is 1. The van der Waals surface area contributed by atoms with Crippen LogP contribution in [0.5, 0.6) is 0 Å². The summed E-state index contributed by atoms with van der Waals surface area (Å²) in [6.07, 6.45) is 3.08. The van der Waals surface area contributed by atoms with E-state index in [1.165, 1.54) is 10.9 Å². The van der Waals surface area contributed by atoms with Gasteiger partial charge in [0.15, 0.2) is 0 Å². The van der Waals surface area contributed by atoms with E-state index in [1.807, 2.05) is 29.2 Å². The number of H-pyrrole nitrogens is 1. The number of aryl methyl sites for hydroxylation is 1. The van der Waals surface area contributed by atoms with Crippen LogP contribution in [0.4, 0.5) is 0 Å². The first-order valence-corrected chi connectivity index (χ1v) is 10.3. The average molecular weight is 377 g/mol. The van der Waals surface area contributed by atoms with Crippen LogP contribution in [0.25, 0.3) is 10.9 Å². The lowest BCUT2D eigenvalue weighted by Crippen LogP contribution is -2.30. The molecule has 4 heteroatoms. The normalized spacial score (nSPS) is 16.1. The van der Waals surface area contributed by atoms with Gasteiger partial charge in [-0.3, -0.25) is 4.79 Å². The summed E-state index contributed by atoms with van der Waals surface area (Å²) in [5.74, 6) is 0.124. The number of hydrogen-bond donors (Lipinski definition) is 1. The lowest BCUT2D eigenvalue weighted by molar-refractivity contribution is 0.0709. The van der Waals surface area contributed by atoms with E-state index in [1.54, 1.807) is 0 Å². The van der Waals surface area contributed by atoms with Crippen LogP contribution in [-0.2, 0) is 4.74 Å². The van der Waals surface area contributed by atoms with Crippen LogP contribution in [0, 0.1) is 6.92 Å². The van der Waals surface area contributed by atoms with Gasteiger partial charge in [0.1, 0.15) is 0 Å². The van der Waals surface area contributed by atoms with Crippen molar-refractivity contribution in [2.75, 3.05) is 19.8 Å². The van der Waals surface area contributed by atoms with Gasteiger partial charge in [0, 0.05) is 47.5 Å². The van der Waals surface area contributed by atoms with E-state index in [9.17, 15) is 4.79 Å². The van der Waals surface area contributed by atoms with Crippen LogP contribution in [0.2, 0.25) is 0 Å². The standard InChI is InChI=1S/C24H28N2O2/c1-3-4-15-28-16-9-14-26-23(18-10-5-6-11-19(18)24(26)27)22-17(2)25-21-13-8-7-12-20(21)22/h5-8,10-13,23,25H,3-4,9,14-16H2,1-2H3/t23-/m0/s1. The molecule has 28 heavy (non-hydrogen) atoms. The van der Waals surface area contributed by atoms with Crippen LogP contribution < -0.4 is 0 Å². The Hall–Kier alpha value is -2.59. The number of amides is 1. The summed E-state index contributed by atoms with van der Waals surface area (Å²) in [4.78, 5) is 18.7. The van der Waals surface area contributed by atoms with Crippen LogP contribution in [0.15, 0.2) is 48.5 Å². The maximum Gasteiger partial charge on any atom is 0.255 e. The lowest BCUT2D eigenvalue weighted by Gasteiger charge is -2.26. The predicted molar refractivity (Wildman–Crippen MR) is 113 cm³/mol. The maximum absolute atomic E-state index is 13.2. The Balaban J connectivity index is 1.65. The van der Waals surface area contributed by atoms with Gasteiger partial charge < -0.3 is 14.6 Å². The molecule has 3 aromatic rings. The molecule has 0 saturated carbocycles. The number of para-hydroxylation sites is 1. The summed E-state index contributed by atoms with van der Waals surface area (Å²) in [6.45, 7) is 6.46. The lowest BCUT2D eigenvalue weighted by atomic mass is 9.95. The Morgan fingerprint density at radius 1 is 1.04 bits per heavy atom. The quantitative estimate of drug-likeness (QED) is 0.547. The number of hydrogen-bond acceptors (Lipinski definition) is 2. The van der Waals surface area contributed by atoms with Crippen molar-refractivity contribution in [3.05, 3.63) is 70.9 Å². The third kappa shape index (κ3) is 3.33. The highest BCUT2D eigenvalue weighted by Crippen LogP contribution is 2.42. The molecule has 1 aliphatic rings. The van der Waals surface area contributed by atoms with Crippen LogP contribution in [0.3, 0.4) is 0 Å². The number of ether oxygens (including phenoxy) is 1.